The Morgan fingerprint density at radius 2 is 1.94 bits per heavy atom. The van der Waals surface area contributed by atoms with Gasteiger partial charge in [0.1, 0.15) is 0 Å². The summed E-state index contributed by atoms with van der Waals surface area (Å²) in [5.41, 5.74) is 6.29. The Hall–Kier alpha value is -1.95. The van der Waals surface area contributed by atoms with Crippen LogP contribution in [-0.4, -0.2) is 31.3 Å². The van der Waals surface area contributed by atoms with Gasteiger partial charge in [0.25, 0.3) is 0 Å². The van der Waals surface area contributed by atoms with Crippen molar-refractivity contribution in [3.8, 4) is 5.69 Å². The molecule has 7 nitrogen and oxygen atoms in total. The number of hydrogen-bond donors (Lipinski definition) is 2. The Bertz CT molecular complexity index is 495. The van der Waals surface area contributed by atoms with E-state index < -0.39 is 5.97 Å². The maximum atomic E-state index is 10.6. The molecule has 0 saturated heterocycles. The van der Waals surface area contributed by atoms with E-state index in [0.29, 0.717) is 5.69 Å². The van der Waals surface area contributed by atoms with E-state index in [2.05, 4.69) is 15.5 Å². The molecule has 0 aliphatic rings. The van der Waals surface area contributed by atoms with Crippen molar-refractivity contribution >= 4 is 11.9 Å². The van der Waals surface area contributed by atoms with Gasteiger partial charge in [-0.3, -0.25) is 0 Å². The maximum absolute atomic E-state index is 10.6. The van der Waals surface area contributed by atoms with E-state index in [-0.39, 0.29) is 28.0 Å². The molecule has 8 heteroatoms. The second-order valence-electron chi connectivity index (χ2n) is 2.80. The molecule has 2 aromatic rings. The molecule has 0 aliphatic heterocycles. The Kier molecular flexibility index (Phi) is 3.57. The number of carbonyl (C=O) groups is 1. The molecule has 1 aromatic heterocycles. The number of hydrogen-bond acceptors (Lipinski definition) is 5. The van der Waals surface area contributed by atoms with Crippen molar-refractivity contribution in [3.05, 3.63) is 29.8 Å². The summed E-state index contributed by atoms with van der Waals surface area (Å²) in [5, 5.41) is 19.2. The van der Waals surface area contributed by atoms with Gasteiger partial charge in [-0.25, -0.2) is 4.79 Å². The molecule has 0 bridgehead atoms. The van der Waals surface area contributed by atoms with E-state index in [9.17, 15) is 4.79 Å². The summed E-state index contributed by atoms with van der Waals surface area (Å²) in [5.74, 6) is -0.829. The fourth-order valence-electron chi connectivity index (χ4n) is 1.12. The standard InChI is InChI=1S/C8H7N5O2.Ni/c9-8-10-11-12-13(8)6-3-1-5(2-4-6)7(14)15;/h1-4H,(H,14,15)(H2,9,10,12);. The van der Waals surface area contributed by atoms with Gasteiger partial charge in [0.15, 0.2) is 0 Å². The van der Waals surface area contributed by atoms with Crippen LogP contribution in [0.15, 0.2) is 24.3 Å². The molecule has 0 unspecified atom stereocenters. The van der Waals surface area contributed by atoms with Crippen LogP contribution in [0.5, 0.6) is 0 Å². The van der Waals surface area contributed by atoms with Gasteiger partial charge >= 0.3 is 5.97 Å². The molecular weight excluding hydrogens is 257 g/mol. The molecule has 0 saturated carbocycles. The molecule has 86 valence electrons. The smallest absolute Gasteiger partial charge is 0.335 e. The van der Waals surface area contributed by atoms with Crippen molar-refractivity contribution in [2.24, 2.45) is 0 Å². The maximum Gasteiger partial charge on any atom is 0.335 e. The van der Waals surface area contributed by atoms with Crippen LogP contribution < -0.4 is 5.73 Å². The van der Waals surface area contributed by atoms with E-state index in [4.69, 9.17) is 10.8 Å². The summed E-state index contributed by atoms with van der Waals surface area (Å²) in [6.07, 6.45) is 0. The van der Waals surface area contributed by atoms with Gasteiger partial charge < -0.3 is 10.8 Å². The summed E-state index contributed by atoms with van der Waals surface area (Å²) in [6.45, 7) is 0. The molecule has 16 heavy (non-hydrogen) atoms. The Balaban J connectivity index is 0.00000128. The van der Waals surface area contributed by atoms with Crippen LogP contribution >= 0.6 is 0 Å². The SMILES string of the molecule is Nc1nnnn1-c1ccc(C(=O)O)cc1.[Ni]. The number of nitrogen functional groups attached to an aromatic ring is 1. The van der Waals surface area contributed by atoms with Crippen molar-refractivity contribution in [1.29, 1.82) is 0 Å². The topological polar surface area (TPSA) is 107 Å². The normalized spacial score (nSPS) is 9.50. The number of rotatable bonds is 2. The minimum absolute atomic E-state index is 0. The number of aromatic nitrogens is 4. The Labute approximate surface area is 100 Å². The summed E-state index contributed by atoms with van der Waals surface area (Å²) >= 11 is 0. The van der Waals surface area contributed by atoms with Crippen LogP contribution in [0.1, 0.15) is 10.4 Å². The third kappa shape index (κ3) is 2.17. The first-order valence-corrected chi connectivity index (χ1v) is 4.06. The predicted octanol–water partition coefficient (Wildman–Crippen LogP) is -0.0598. The van der Waals surface area contributed by atoms with Crippen LogP contribution in [0.3, 0.4) is 0 Å². The molecule has 0 spiro atoms. The fraction of sp³-hybridized carbons (Fsp3) is 0. The molecule has 0 radical (unpaired) electrons. The van der Waals surface area contributed by atoms with Gasteiger partial charge in [0.2, 0.25) is 5.95 Å². The molecule has 0 atom stereocenters. The average Bonchev–Trinajstić information content (AvgIpc) is 2.65. The monoisotopic (exact) mass is 263 g/mol. The van der Waals surface area contributed by atoms with E-state index in [0.717, 1.165) is 0 Å². The van der Waals surface area contributed by atoms with Crippen LogP contribution in [0, 0.1) is 0 Å². The number of tetrazole rings is 1. The molecular formula is C8H7N5NiO2. The molecule has 0 aliphatic carbocycles. The molecule has 2 rings (SSSR count). The molecule has 0 fully saturated rings. The summed E-state index contributed by atoms with van der Waals surface area (Å²) < 4.78 is 1.31. The average molecular weight is 264 g/mol. The van der Waals surface area contributed by atoms with Crippen molar-refractivity contribution in [2.75, 3.05) is 5.73 Å². The van der Waals surface area contributed by atoms with Crippen molar-refractivity contribution in [2.45, 2.75) is 0 Å². The predicted molar refractivity (Wildman–Crippen MR) is 50.5 cm³/mol. The Morgan fingerprint density at radius 1 is 1.31 bits per heavy atom. The van der Waals surface area contributed by atoms with Crippen LogP contribution in [0.2, 0.25) is 0 Å². The van der Waals surface area contributed by atoms with Gasteiger partial charge in [-0.15, -0.1) is 0 Å². The van der Waals surface area contributed by atoms with E-state index >= 15 is 0 Å². The fourth-order valence-corrected chi connectivity index (χ4v) is 1.12. The van der Waals surface area contributed by atoms with Gasteiger partial charge in [-0.2, -0.15) is 4.68 Å². The second kappa shape index (κ2) is 4.72. The summed E-state index contributed by atoms with van der Waals surface area (Å²) in [7, 11) is 0. The summed E-state index contributed by atoms with van der Waals surface area (Å²) in [4.78, 5) is 10.6. The number of aromatic carboxylic acids is 1. The first-order valence-electron chi connectivity index (χ1n) is 4.06. The minimum Gasteiger partial charge on any atom is -0.478 e. The molecule has 1 aromatic carbocycles. The molecule has 3 N–H and O–H groups in total. The zero-order valence-corrected chi connectivity index (χ0v) is 8.83. The third-order valence-corrected chi connectivity index (χ3v) is 1.85. The van der Waals surface area contributed by atoms with Gasteiger partial charge in [0, 0.05) is 16.5 Å². The third-order valence-electron chi connectivity index (χ3n) is 1.85. The second-order valence-corrected chi connectivity index (χ2v) is 2.80. The minimum atomic E-state index is -0.980. The van der Waals surface area contributed by atoms with Crippen LogP contribution in [0.25, 0.3) is 5.69 Å². The number of carboxylic acids is 1. The van der Waals surface area contributed by atoms with Gasteiger partial charge in [0.05, 0.1) is 11.3 Å². The van der Waals surface area contributed by atoms with E-state index in [1.807, 2.05) is 0 Å². The Morgan fingerprint density at radius 3 is 2.38 bits per heavy atom. The largest absolute Gasteiger partial charge is 0.478 e. The number of anilines is 1. The summed E-state index contributed by atoms with van der Waals surface area (Å²) in [6, 6.07) is 6.07. The van der Waals surface area contributed by atoms with Crippen LogP contribution in [-0.2, 0) is 16.5 Å². The molecule has 0 amide bonds. The quantitative estimate of drug-likeness (QED) is 0.735. The van der Waals surface area contributed by atoms with Crippen LogP contribution in [0.4, 0.5) is 5.95 Å². The van der Waals surface area contributed by atoms with Crippen molar-refractivity contribution in [1.82, 2.24) is 20.2 Å². The van der Waals surface area contributed by atoms with E-state index in [1.165, 1.54) is 16.8 Å². The molecule has 1 heterocycles. The first kappa shape index (κ1) is 12.1. The van der Waals surface area contributed by atoms with Gasteiger partial charge in [-0.1, -0.05) is 5.10 Å². The zero-order valence-electron chi connectivity index (χ0n) is 7.85. The number of benzene rings is 1. The number of carboxylic acid groups (broad SMARTS) is 1. The first-order chi connectivity index (χ1) is 7.18. The van der Waals surface area contributed by atoms with E-state index in [1.54, 1.807) is 12.1 Å². The number of nitrogens with zero attached hydrogens (tertiary/aromatic N) is 4. The number of nitrogens with two attached hydrogens (primary N) is 1. The van der Waals surface area contributed by atoms with Crippen molar-refractivity contribution < 1.29 is 26.4 Å². The van der Waals surface area contributed by atoms with Crippen molar-refractivity contribution in [3.63, 3.8) is 0 Å². The zero-order chi connectivity index (χ0) is 10.8. The van der Waals surface area contributed by atoms with Gasteiger partial charge in [-0.05, 0) is 34.7 Å².